The van der Waals surface area contributed by atoms with E-state index in [1.165, 1.54) is 11.0 Å². The number of benzene rings is 2. The summed E-state index contributed by atoms with van der Waals surface area (Å²) in [6.45, 7) is 0. The van der Waals surface area contributed by atoms with Gasteiger partial charge in [0.15, 0.2) is 0 Å². The molecule has 4 aromatic rings. The molecule has 0 fully saturated rings. The molecular formula is C18H15N5O3. The van der Waals surface area contributed by atoms with Crippen molar-refractivity contribution in [1.29, 1.82) is 0 Å². The van der Waals surface area contributed by atoms with Crippen LogP contribution in [0, 0.1) is 0 Å². The van der Waals surface area contributed by atoms with Gasteiger partial charge in [0.05, 0.1) is 25.5 Å². The van der Waals surface area contributed by atoms with Gasteiger partial charge in [0, 0.05) is 22.7 Å². The Balaban J connectivity index is 1.50. The van der Waals surface area contributed by atoms with Crippen LogP contribution in [0.1, 0.15) is 5.56 Å². The fourth-order valence-corrected chi connectivity index (χ4v) is 2.71. The fourth-order valence-electron chi connectivity index (χ4n) is 2.71. The van der Waals surface area contributed by atoms with Crippen molar-refractivity contribution in [2.75, 3.05) is 12.4 Å². The minimum Gasteiger partial charge on any atom is -0.497 e. The fraction of sp³-hybridized carbons (Fsp3) is 0.111. The summed E-state index contributed by atoms with van der Waals surface area (Å²) in [4.78, 5) is 12.4. The zero-order valence-electron chi connectivity index (χ0n) is 13.9. The predicted octanol–water partition coefficient (Wildman–Crippen LogP) is 2.60. The van der Waals surface area contributed by atoms with E-state index in [0.29, 0.717) is 17.0 Å². The summed E-state index contributed by atoms with van der Waals surface area (Å²) in [5, 5.41) is 14.8. The number of nitrogens with zero attached hydrogens (tertiary/aromatic N) is 4. The average molecular weight is 349 g/mol. The van der Waals surface area contributed by atoms with Gasteiger partial charge >= 0.3 is 0 Å². The van der Waals surface area contributed by atoms with E-state index < -0.39 is 0 Å². The van der Waals surface area contributed by atoms with Gasteiger partial charge in [0.2, 0.25) is 5.91 Å². The maximum absolute atomic E-state index is 12.4. The number of hydrogen-bond donors (Lipinski definition) is 1. The number of anilines is 1. The van der Waals surface area contributed by atoms with Gasteiger partial charge in [0.25, 0.3) is 0 Å². The van der Waals surface area contributed by atoms with Gasteiger partial charge in [-0.2, -0.15) is 0 Å². The Labute approximate surface area is 148 Å². The van der Waals surface area contributed by atoms with E-state index in [-0.39, 0.29) is 12.3 Å². The highest BCUT2D eigenvalue weighted by atomic mass is 16.5. The number of rotatable bonds is 5. The molecule has 2 heterocycles. The van der Waals surface area contributed by atoms with Crippen LogP contribution < -0.4 is 10.1 Å². The number of methoxy groups -OCH3 is 1. The first-order chi connectivity index (χ1) is 12.7. The lowest BCUT2D eigenvalue weighted by Crippen LogP contribution is -2.14. The molecule has 1 N–H and O–H groups in total. The van der Waals surface area contributed by atoms with Gasteiger partial charge in [-0.05, 0) is 40.8 Å². The topological polar surface area (TPSA) is 95.1 Å². The van der Waals surface area contributed by atoms with E-state index in [1.807, 2.05) is 30.3 Å². The van der Waals surface area contributed by atoms with Crippen molar-refractivity contribution in [3.8, 4) is 11.4 Å². The Morgan fingerprint density at radius 3 is 3.00 bits per heavy atom. The molecule has 8 heteroatoms. The van der Waals surface area contributed by atoms with E-state index in [2.05, 4.69) is 20.8 Å². The molecule has 0 saturated heterocycles. The van der Waals surface area contributed by atoms with Crippen LogP contribution in [0.4, 0.5) is 5.69 Å². The van der Waals surface area contributed by atoms with Crippen LogP contribution >= 0.6 is 0 Å². The molecule has 0 aliphatic rings. The SMILES string of the molecule is COc1ccc2c(CC(=O)Nc3cccc(-n4cnnn4)c3)coc2c1. The molecule has 0 unspecified atom stereocenters. The quantitative estimate of drug-likeness (QED) is 0.595. The van der Waals surface area contributed by atoms with E-state index in [9.17, 15) is 4.79 Å². The summed E-state index contributed by atoms with van der Waals surface area (Å²) in [5.74, 6) is 0.569. The second-order valence-corrected chi connectivity index (χ2v) is 5.65. The van der Waals surface area contributed by atoms with Crippen LogP contribution in [0.5, 0.6) is 5.75 Å². The summed E-state index contributed by atoms with van der Waals surface area (Å²) in [7, 11) is 1.60. The van der Waals surface area contributed by atoms with Gasteiger partial charge in [-0.25, -0.2) is 4.68 Å². The maximum Gasteiger partial charge on any atom is 0.228 e. The van der Waals surface area contributed by atoms with Crippen LogP contribution in [-0.4, -0.2) is 33.2 Å². The van der Waals surface area contributed by atoms with E-state index >= 15 is 0 Å². The lowest BCUT2D eigenvalue weighted by molar-refractivity contribution is -0.115. The van der Waals surface area contributed by atoms with Gasteiger partial charge in [-0.15, -0.1) is 5.10 Å². The van der Waals surface area contributed by atoms with Gasteiger partial charge in [0.1, 0.15) is 17.7 Å². The molecular weight excluding hydrogens is 334 g/mol. The summed E-state index contributed by atoms with van der Waals surface area (Å²) in [6.07, 6.45) is 3.29. The summed E-state index contributed by atoms with van der Waals surface area (Å²) >= 11 is 0. The highest BCUT2D eigenvalue weighted by molar-refractivity contribution is 5.95. The van der Waals surface area contributed by atoms with Crippen LogP contribution in [0.2, 0.25) is 0 Å². The number of carbonyl (C=O) groups excluding carboxylic acids is 1. The van der Waals surface area contributed by atoms with E-state index in [0.717, 1.165) is 16.6 Å². The van der Waals surface area contributed by atoms with Gasteiger partial charge in [-0.3, -0.25) is 4.79 Å². The molecule has 1 amide bonds. The third kappa shape index (κ3) is 3.12. The van der Waals surface area contributed by atoms with Crippen molar-refractivity contribution < 1.29 is 13.9 Å². The number of tetrazole rings is 1. The number of fused-ring (bicyclic) bond motifs is 1. The molecule has 0 saturated carbocycles. The monoisotopic (exact) mass is 349 g/mol. The molecule has 26 heavy (non-hydrogen) atoms. The third-order valence-electron chi connectivity index (χ3n) is 3.96. The first-order valence-electron chi connectivity index (χ1n) is 7.90. The summed E-state index contributed by atoms with van der Waals surface area (Å²) in [6, 6.07) is 12.8. The predicted molar refractivity (Wildman–Crippen MR) is 94.3 cm³/mol. The number of aromatic nitrogens is 4. The van der Waals surface area contributed by atoms with Crippen LogP contribution in [0.15, 0.2) is 59.5 Å². The normalized spacial score (nSPS) is 10.8. The number of nitrogens with one attached hydrogen (secondary N) is 1. The molecule has 8 nitrogen and oxygen atoms in total. The van der Waals surface area contributed by atoms with Crippen molar-refractivity contribution in [2.45, 2.75) is 6.42 Å². The highest BCUT2D eigenvalue weighted by Crippen LogP contribution is 2.26. The van der Waals surface area contributed by atoms with Crippen molar-refractivity contribution in [2.24, 2.45) is 0 Å². The molecule has 0 spiro atoms. The van der Waals surface area contributed by atoms with Crippen molar-refractivity contribution >= 4 is 22.6 Å². The minimum atomic E-state index is -0.141. The lowest BCUT2D eigenvalue weighted by Gasteiger charge is -2.06. The van der Waals surface area contributed by atoms with Crippen molar-refractivity contribution in [3.63, 3.8) is 0 Å². The summed E-state index contributed by atoms with van der Waals surface area (Å²) < 4.78 is 12.2. The number of hydrogen-bond acceptors (Lipinski definition) is 6. The molecule has 2 aromatic heterocycles. The summed E-state index contributed by atoms with van der Waals surface area (Å²) in [5.41, 5.74) is 2.93. The Bertz CT molecular complexity index is 1060. The number of ether oxygens (including phenoxy) is 1. The van der Waals surface area contributed by atoms with E-state index in [1.54, 1.807) is 25.5 Å². The third-order valence-corrected chi connectivity index (χ3v) is 3.96. The van der Waals surface area contributed by atoms with Gasteiger partial charge in [-0.1, -0.05) is 6.07 Å². The van der Waals surface area contributed by atoms with E-state index in [4.69, 9.17) is 9.15 Å². The average Bonchev–Trinajstić information content (AvgIpc) is 3.32. The zero-order valence-corrected chi connectivity index (χ0v) is 13.9. The second kappa shape index (κ2) is 6.67. The Morgan fingerprint density at radius 2 is 2.19 bits per heavy atom. The number of furan rings is 1. The maximum atomic E-state index is 12.4. The molecule has 0 aliphatic heterocycles. The largest absolute Gasteiger partial charge is 0.497 e. The Kier molecular flexibility index (Phi) is 4.06. The standard InChI is InChI=1S/C18H15N5O3/c1-25-15-5-6-16-12(10-26-17(16)9-15)7-18(24)20-13-3-2-4-14(8-13)23-11-19-21-22-23/h2-6,8-11H,7H2,1H3,(H,20,24). The highest BCUT2D eigenvalue weighted by Gasteiger charge is 2.12. The van der Waals surface area contributed by atoms with Crippen LogP contribution in [0.3, 0.4) is 0 Å². The van der Waals surface area contributed by atoms with Crippen molar-refractivity contribution in [3.05, 3.63) is 60.6 Å². The molecule has 0 radical (unpaired) electrons. The molecule has 4 rings (SSSR count). The lowest BCUT2D eigenvalue weighted by atomic mass is 10.1. The Morgan fingerprint density at radius 1 is 1.27 bits per heavy atom. The first-order valence-corrected chi connectivity index (χ1v) is 7.90. The molecule has 0 aliphatic carbocycles. The zero-order chi connectivity index (χ0) is 17.9. The first kappa shape index (κ1) is 15.8. The molecule has 0 bridgehead atoms. The Hall–Kier alpha value is -3.68. The van der Waals surface area contributed by atoms with Crippen molar-refractivity contribution in [1.82, 2.24) is 20.2 Å². The molecule has 130 valence electrons. The minimum absolute atomic E-state index is 0.141. The van der Waals surface area contributed by atoms with Crippen LogP contribution in [0.25, 0.3) is 16.7 Å². The number of amides is 1. The smallest absolute Gasteiger partial charge is 0.228 e. The van der Waals surface area contributed by atoms with Gasteiger partial charge < -0.3 is 14.5 Å². The number of carbonyl (C=O) groups is 1. The molecule has 0 atom stereocenters. The van der Waals surface area contributed by atoms with Crippen LogP contribution in [-0.2, 0) is 11.2 Å². The molecule has 2 aromatic carbocycles. The second-order valence-electron chi connectivity index (χ2n) is 5.65.